The first-order chi connectivity index (χ1) is 14.0. The van der Waals surface area contributed by atoms with Crippen LogP contribution in [0, 0.1) is 12.7 Å². The molecule has 0 atom stereocenters. The first-order valence-electron chi connectivity index (χ1n) is 9.29. The molecule has 1 heterocycles. The fourth-order valence-corrected chi connectivity index (χ4v) is 2.68. The van der Waals surface area contributed by atoms with Gasteiger partial charge >= 0.3 is 0 Å². The second-order valence-corrected chi connectivity index (χ2v) is 6.57. The summed E-state index contributed by atoms with van der Waals surface area (Å²) in [7, 11) is 3.56. The van der Waals surface area contributed by atoms with Gasteiger partial charge in [-0.2, -0.15) is 0 Å². The minimum Gasteiger partial charge on any atom is -0.497 e. The quantitative estimate of drug-likeness (QED) is 0.474. The molecule has 3 rings (SSSR count). The van der Waals surface area contributed by atoms with Crippen LogP contribution in [-0.4, -0.2) is 27.8 Å². The van der Waals surface area contributed by atoms with Crippen LogP contribution in [-0.2, 0) is 26.7 Å². The molecule has 0 saturated carbocycles. The SMILES string of the molecule is COc1ccc(CNC(=NCc2cccc(F)c2)NCc2nnc(C)n2C)cc1. The molecule has 0 amide bonds. The van der Waals surface area contributed by atoms with E-state index in [1.807, 2.05) is 48.9 Å². The molecule has 2 aromatic carbocycles. The van der Waals surface area contributed by atoms with Gasteiger partial charge in [-0.3, -0.25) is 0 Å². The number of guanidine groups is 1. The number of nitrogens with one attached hydrogen (secondary N) is 2. The zero-order valence-electron chi connectivity index (χ0n) is 16.8. The number of hydrogen-bond acceptors (Lipinski definition) is 4. The van der Waals surface area contributed by atoms with E-state index in [1.54, 1.807) is 13.2 Å². The van der Waals surface area contributed by atoms with Crippen LogP contribution in [0.15, 0.2) is 53.5 Å². The van der Waals surface area contributed by atoms with Crippen molar-refractivity contribution in [2.75, 3.05) is 7.11 Å². The molecule has 152 valence electrons. The van der Waals surface area contributed by atoms with Crippen LogP contribution >= 0.6 is 0 Å². The third-order valence-electron chi connectivity index (χ3n) is 4.52. The molecule has 2 N–H and O–H groups in total. The Morgan fingerprint density at radius 2 is 1.83 bits per heavy atom. The molecule has 0 aliphatic rings. The number of aryl methyl sites for hydroxylation is 1. The number of hydrogen-bond donors (Lipinski definition) is 2. The highest BCUT2D eigenvalue weighted by molar-refractivity contribution is 5.79. The molecule has 29 heavy (non-hydrogen) atoms. The zero-order valence-corrected chi connectivity index (χ0v) is 16.8. The highest BCUT2D eigenvalue weighted by Gasteiger charge is 2.07. The third-order valence-corrected chi connectivity index (χ3v) is 4.52. The van der Waals surface area contributed by atoms with E-state index in [1.165, 1.54) is 12.1 Å². The summed E-state index contributed by atoms with van der Waals surface area (Å²) in [5.41, 5.74) is 1.88. The molecule has 0 bridgehead atoms. The molecule has 0 aliphatic carbocycles. The second kappa shape index (κ2) is 9.68. The minimum atomic E-state index is -0.270. The summed E-state index contributed by atoms with van der Waals surface area (Å²) in [6.45, 7) is 3.30. The molecule has 8 heteroatoms. The fourth-order valence-electron chi connectivity index (χ4n) is 2.68. The van der Waals surface area contributed by atoms with Crippen LogP contribution in [0.25, 0.3) is 0 Å². The van der Waals surface area contributed by atoms with E-state index in [4.69, 9.17) is 4.74 Å². The van der Waals surface area contributed by atoms with Crippen LogP contribution in [0.1, 0.15) is 22.8 Å². The van der Waals surface area contributed by atoms with Gasteiger partial charge in [0.05, 0.1) is 20.2 Å². The molecular formula is C21H25FN6O. The van der Waals surface area contributed by atoms with E-state index >= 15 is 0 Å². The second-order valence-electron chi connectivity index (χ2n) is 6.57. The van der Waals surface area contributed by atoms with Crippen LogP contribution < -0.4 is 15.4 Å². The van der Waals surface area contributed by atoms with Gasteiger partial charge in [0.1, 0.15) is 17.4 Å². The van der Waals surface area contributed by atoms with E-state index in [0.29, 0.717) is 25.6 Å². The predicted octanol–water partition coefficient (Wildman–Crippen LogP) is 2.71. The summed E-state index contributed by atoms with van der Waals surface area (Å²) in [6, 6.07) is 14.2. The Bertz CT molecular complexity index is 968. The number of methoxy groups -OCH3 is 1. The standard InChI is InChI=1S/C21H25FN6O/c1-15-26-27-20(28(15)2)14-25-21(24-13-17-5-4-6-18(22)11-17)23-12-16-7-9-19(29-3)10-8-16/h4-11H,12-14H2,1-3H3,(H2,23,24,25). The first kappa shape index (κ1) is 20.3. The van der Waals surface area contributed by atoms with Crippen LogP contribution in [0.2, 0.25) is 0 Å². The van der Waals surface area contributed by atoms with Crippen molar-refractivity contribution in [2.45, 2.75) is 26.6 Å². The fraction of sp³-hybridized carbons (Fsp3) is 0.286. The van der Waals surface area contributed by atoms with Crippen molar-refractivity contribution in [3.63, 3.8) is 0 Å². The maximum absolute atomic E-state index is 13.4. The van der Waals surface area contributed by atoms with E-state index < -0.39 is 0 Å². The maximum Gasteiger partial charge on any atom is 0.192 e. The lowest BCUT2D eigenvalue weighted by Gasteiger charge is -2.13. The molecule has 0 aliphatic heterocycles. The average molecular weight is 396 g/mol. The van der Waals surface area contributed by atoms with Crippen molar-refractivity contribution in [1.29, 1.82) is 0 Å². The van der Waals surface area contributed by atoms with Gasteiger partial charge in [-0.05, 0) is 42.3 Å². The van der Waals surface area contributed by atoms with E-state index in [-0.39, 0.29) is 5.82 Å². The summed E-state index contributed by atoms with van der Waals surface area (Å²) in [5, 5.41) is 14.8. The maximum atomic E-state index is 13.4. The average Bonchev–Trinajstić information content (AvgIpc) is 3.06. The van der Waals surface area contributed by atoms with E-state index in [9.17, 15) is 4.39 Å². The Morgan fingerprint density at radius 1 is 1.07 bits per heavy atom. The normalized spacial score (nSPS) is 11.4. The van der Waals surface area contributed by atoms with Crippen molar-refractivity contribution in [3.8, 4) is 5.75 Å². The monoisotopic (exact) mass is 396 g/mol. The van der Waals surface area contributed by atoms with Crippen molar-refractivity contribution in [3.05, 3.63) is 77.1 Å². The molecule has 1 aromatic heterocycles. The first-order valence-corrected chi connectivity index (χ1v) is 9.29. The summed E-state index contributed by atoms with van der Waals surface area (Å²) in [5.74, 6) is 2.78. The highest BCUT2D eigenvalue weighted by atomic mass is 19.1. The molecule has 0 saturated heterocycles. The molecule has 0 spiro atoms. The predicted molar refractivity (Wildman–Crippen MR) is 110 cm³/mol. The van der Waals surface area contributed by atoms with Crippen molar-refractivity contribution in [2.24, 2.45) is 12.0 Å². The Labute approximate surface area is 169 Å². The topological polar surface area (TPSA) is 76.4 Å². The summed E-state index contributed by atoms with van der Waals surface area (Å²) >= 11 is 0. The number of aliphatic imine (C=N–C) groups is 1. The number of nitrogens with zero attached hydrogens (tertiary/aromatic N) is 4. The molecule has 0 fully saturated rings. The van der Waals surface area contributed by atoms with Gasteiger partial charge in [-0.25, -0.2) is 9.38 Å². The van der Waals surface area contributed by atoms with Gasteiger partial charge < -0.3 is 19.9 Å². The minimum absolute atomic E-state index is 0.270. The number of benzene rings is 2. The summed E-state index contributed by atoms with van der Waals surface area (Å²) in [4.78, 5) is 4.58. The molecule has 7 nitrogen and oxygen atoms in total. The van der Waals surface area contributed by atoms with Gasteiger partial charge in [0, 0.05) is 13.6 Å². The number of halogens is 1. The summed E-state index contributed by atoms with van der Waals surface area (Å²) < 4.78 is 20.5. The highest BCUT2D eigenvalue weighted by Crippen LogP contribution is 2.11. The smallest absolute Gasteiger partial charge is 0.192 e. The van der Waals surface area contributed by atoms with Crippen LogP contribution in [0.3, 0.4) is 0 Å². The Kier molecular flexibility index (Phi) is 6.78. The molecule has 3 aromatic rings. The lowest BCUT2D eigenvalue weighted by Crippen LogP contribution is -2.37. The van der Waals surface area contributed by atoms with Crippen molar-refractivity contribution in [1.82, 2.24) is 25.4 Å². The Balaban J connectivity index is 1.68. The van der Waals surface area contributed by atoms with Gasteiger partial charge in [0.2, 0.25) is 0 Å². The lowest BCUT2D eigenvalue weighted by atomic mass is 10.2. The lowest BCUT2D eigenvalue weighted by molar-refractivity contribution is 0.414. The van der Waals surface area contributed by atoms with Gasteiger partial charge in [0.25, 0.3) is 0 Å². The number of rotatable bonds is 7. The van der Waals surface area contributed by atoms with Crippen molar-refractivity contribution >= 4 is 5.96 Å². The molecular weight excluding hydrogens is 371 g/mol. The zero-order chi connectivity index (χ0) is 20.6. The Morgan fingerprint density at radius 3 is 2.48 bits per heavy atom. The van der Waals surface area contributed by atoms with Crippen LogP contribution in [0.4, 0.5) is 4.39 Å². The van der Waals surface area contributed by atoms with E-state index in [0.717, 1.165) is 28.5 Å². The number of ether oxygens (including phenoxy) is 1. The molecule has 0 radical (unpaired) electrons. The van der Waals surface area contributed by atoms with Crippen molar-refractivity contribution < 1.29 is 9.13 Å². The van der Waals surface area contributed by atoms with Gasteiger partial charge in [0.15, 0.2) is 11.8 Å². The Hall–Kier alpha value is -3.42. The van der Waals surface area contributed by atoms with Gasteiger partial charge in [-0.15, -0.1) is 10.2 Å². The largest absolute Gasteiger partial charge is 0.497 e. The van der Waals surface area contributed by atoms with Crippen LogP contribution in [0.5, 0.6) is 5.75 Å². The molecule has 0 unspecified atom stereocenters. The number of aromatic nitrogens is 3. The van der Waals surface area contributed by atoms with Gasteiger partial charge in [-0.1, -0.05) is 24.3 Å². The third kappa shape index (κ3) is 5.78. The van der Waals surface area contributed by atoms with E-state index in [2.05, 4.69) is 25.8 Å². The summed E-state index contributed by atoms with van der Waals surface area (Å²) in [6.07, 6.45) is 0.